The molecule has 2 nitrogen and oxygen atoms in total. The van der Waals surface area contributed by atoms with Crippen LogP contribution in [0.3, 0.4) is 0 Å². The van der Waals surface area contributed by atoms with Crippen molar-refractivity contribution < 1.29 is 4.42 Å². The molecule has 2 aromatic rings. The highest BCUT2D eigenvalue weighted by molar-refractivity contribution is 5.72. The summed E-state index contributed by atoms with van der Waals surface area (Å²) in [5.41, 5.74) is 4.41. The number of furan rings is 1. The minimum atomic E-state index is 0.681. The first-order valence-corrected chi connectivity index (χ1v) is 6.38. The summed E-state index contributed by atoms with van der Waals surface area (Å²) >= 11 is 0. The molecular weight excluding hydrogens is 222 g/mol. The van der Waals surface area contributed by atoms with Crippen LogP contribution in [0, 0.1) is 17.2 Å². The Morgan fingerprint density at radius 2 is 2.22 bits per heavy atom. The van der Waals surface area contributed by atoms with Crippen molar-refractivity contribution in [2.45, 2.75) is 26.2 Å². The van der Waals surface area contributed by atoms with Crippen LogP contribution in [-0.2, 0) is 12.8 Å². The molecule has 0 amide bonds. The van der Waals surface area contributed by atoms with Gasteiger partial charge in [-0.05, 0) is 54.5 Å². The molecule has 0 fully saturated rings. The Hall–Kier alpha value is -2.01. The second-order valence-corrected chi connectivity index (χ2v) is 5.06. The third-order valence-corrected chi connectivity index (χ3v) is 3.76. The fourth-order valence-corrected chi connectivity index (χ4v) is 2.81. The van der Waals surface area contributed by atoms with Crippen molar-refractivity contribution in [2.24, 2.45) is 5.92 Å². The lowest BCUT2D eigenvalue weighted by molar-refractivity contribution is 0.500. The number of hydrogen-bond acceptors (Lipinski definition) is 2. The molecule has 0 bridgehead atoms. The highest BCUT2D eigenvalue weighted by Gasteiger charge is 2.22. The lowest BCUT2D eigenvalue weighted by atomic mass is 9.80. The van der Waals surface area contributed by atoms with Gasteiger partial charge in [0.25, 0.3) is 0 Å². The largest absolute Gasteiger partial charge is 0.464 e. The number of nitrogens with zero attached hydrogens (tertiary/aromatic N) is 1. The first-order valence-electron chi connectivity index (χ1n) is 6.38. The highest BCUT2D eigenvalue weighted by Crippen LogP contribution is 2.36. The van der Waals surface area contributed by atoms with Gasteiger partial charge in [-0.15, -0.1) is 0 Å². The quantitative estimate of drug-likeness (QED) is 0.753. The van der Waals surface area contributed by atoms with Crippen LogP contribution in [0.15, 0.2) is 34.9 Å². The number of benzene rings is 1. The number of fused-ring (bicyclic) bond motifs is 1. The molecule has 1 aromatic carbocycles. The summed E-state index contributed by atoms with van der Waals surface area (Å²) < 4.78 is 5.51. The van der Waals surface area contributed by atoms with Crippen LogP contribution in [-0.4, -0.2) is 0 Å². The van der Waals surface area contributed by atoms with E-state index in [1.807, 2.05) is 18.2 Å². The topological polar surface area (TPSA) is 36.9 Å². The van der Waals surface area contributed by atoms with E-state index in [2.05, 4.69) is 19.1 Å². The van der Waals surface area contributed by atoms with Gasteiger partial charge in [-0.3, -0.25) is 0 Å². The van der Waals surface area contributed by atoms with Crippen molar-refractivity contribution in [1.82, 2.24) is 0 Å². The van der Waals surface area contributed by atoms with Gasteiger partial charge in [0.05, 0.1) is 17.9 Å². The third-order valence-electron chi connectivity index (χ3n) is 3.76. The molecular formula is C16H15NO. The summed E-state index contributed by atoms with van der Waals surface area (Å²) in [5.74, 6) is 1.50. The first-order chi connectivity index (χ1) is 8.79. The minimum Gasteiger partial charge on any atom is -0.464 e. The molecule has 0 radical (unpaired) electrons. The second kappa shape index (κ2) is 4.34. The summed E-state index contributed by atoms with van der Waals surface area (Å²) in [4.78, 5) is 0. The fraction of sp³-hybridized carbons (Fsp3) is 0.312. The van der Waals surface area contributed by atoms with Gasteiger partial charge in [-0.25, -0.2) is 0 Å². The van der Waals surface area contributed by atoms with E-state index in [-0.39, 0.29) is 0 Å². The molecule has 1 unspecified atom stereocenters. The minimum absolute atomic E-state index is 0.681. The first kappa shape index (κ1) is 11.1. The van der Waals surface area contributed by atoms with Gasteiger partial charge in [-0.2, -0.15) is 5.26 Å². The number of hydrogen-bond donors (Lipinski definition) is 0. The van der Waals surface area contributed by atoms with Crippen molar-refractivity contribution in [3.8, 4) is 17.4 Å². The van der Waals surface area contributed by atoms with Gasteiger partial charge in [-0.1, -0.05) is 13.0 Å². The normalized spacial score (nSPS) is 18.1. The molecule has 0 aliphatic heterocycles. The van der Waals surface area contributed by atoms with Crippen LogP contribution in [0.25, 0.3) is 11.3 Å². The van der Waals surface area contributed by atoms with Gasteiger partial charge in [0.15, 0.2) is 0 Å². The molecule has 0 N–H and O–H groups in total. The summed E-state index contributed by atoms with van der Waals surface area (Å²) in [6.45, 7) is 2.27. The molecule has 0 saturated heterocycles. The molecule has 18 heavy (non-hydrogen) atoms. The van der Waals surface area contributed by atoms with Crippen LogP contribution >= 0.6 is 0 Å². The average molecular weight is 237 g/mol. The lowest BCUT2D eigenvalue weighted by Gasteiger charge is -2.24. The van der Waals surface area contributed by atoms with Crippen molar-refractivity contribution in [3.63, 3.8) is 0 Å². The Bertz CT molecular complexity index is 605. The molecule has 0 saturated carbocycles. The summed E-state index contributed by atoms with van der Waals surface area (Å²) in [7, 11) is 0. The van der Waals surface area contributed by atoms with E-state index in [1.165, 1.54) is 17.5 Å². The molecule has 1 atom stereocenters. The molecule has 1 aliphatic carbocycles. The maximum atomic E-state index is 9.29. The van der Waals surface area contributed by atoms with Crippen molar-refractivity contribution in [2.75, 3.05) is 0 Å². The van der Waals surface area contributed by atoms with Crippen LogP contribution in [0.4, 0.5) is 0 Å². The molecule has 2 heteroatoms. The zero-order valence-electron chi connectivity index (χ0n) is 10.4. The average Bonchev–Trinajstić information content (AvgIpc) is 2.90. The molecule has 1 aliphatic rings. The third kappa shape index (κ3) is 1.73. The SMILES string of the molecule is CC1CCc2ccc(C#N)c(-c3ccco3)c2C1. The second-order valence-electron chi connectivity index (χ2n) is 5.06. The lowest BCUT2D eigenvalue weighted by Crippen LogP contribution is -2.13. The fourth-order valence-electron chi connectivity index (χ4n) is 2.81. The number of nitriles is 1. The summed E-state index contributed by atoms with van der Waals surface area (Å²) in [5, 5.41) is 9.29. The Morgan fingerprint density at radius 1 is 1.33 bits per heavy atom. The van der Waals surface area contributed by atoms with E-state index < -0.39 is 0 Å². The van der Waals surface area contributed by atoms with Gasteiger partial charge in [0.2, 0.25) is 0 Å². The van der Waals surface area contributed by atoms with Crippen LogP contribution in [0.5, 0.6) is 0 Å². The molecule has 1 aromatic heterocycles. The monoisotopic (exact) mass is 237 g/mol. The van der Waals surface area contributed by atoms with E-state index in [0.717, 1.165) is 29.7 Å². The Kier molecular flexibility index (Phi) is 2.68. The Morgan fingerprint density at radius 3 is 2.94 bits per heavy atom. The Labute approximate surface area is 107 Å². The number of aryl methyl sites for hydroxylation is 1. The van der Waals surface area contributed by atoms with E-state index in [0.29, 0.717) is 5.92 Å². The van der Waals surface area contributed by atoms with E-state index >= 15 is 0 Å². The highest BCUT2D eigenvalue weighted by atomic mass is 16.3. The summed E-state index contributed by atoms with van der Waals surface area (Å²) in [6, 6.07) is 10.1. The van der Waals surface area contributed by atoms with Gasteiger partial charge in [0, 0.05) is 5.56 Å². The summed E-state index contributed by atoms with van der Waals surface area (Å²) in [6.07, 6.45) is 5.05. The maximum Gasteiger partial charge on any atom is 0.135 e. The maximum absolute atomic E-state index is 9.29. The van der Waals surface area contributed by atoms with Gasteiger partial charge < -0.3 is 4.42 Å². The molecule has 90 valence electrons. The van der Waals surface area contributed by atoms with E-state index in [4.69, 9.17) is 4.42 Å². The van der Waals surface area contributed by atoms with Gasteiger partial charge >= 0.3 is 0 Å². The predicted octanol–water partition coefficient (Wildman–Crippen LogP) is 3.94. The van der Waals surface area contributed by atoms with Crippen LogP contribution < -0.4 is 0 Å². The van der Waals surface area contributed by atoms with Crippen molar-refractivity contribution in [3.05, 3.63) is 47.2 Å². The zero-order valence-corrected chi connectivity index (χ0v) is 10.4. The van der Waals surface area contributed by atoms with Crippen LogP contribution in [0.1, 0.15) is 30.0 Å². The zero-order chi connectivity index (χ0) is 12.5. The standard InChI is InChI=1S/C16H15NO/c1-11-4-5-12-6-7-13(10-17)16(14(12)9-11)15-3-2-8-18-15/h2-3,6-8,11H,4-5,9H2,1H3. The Balaban J connectivity index is 2.24. The van der Waals surface area contributed by atoms with E-state index in [1.54, 1.807) is 6.26 Å². The number of rotatable bonds is 1. The molecule has 0 spiro atoms. The van der Waals surface area contributed by atoms with Crippen molar-refractivity contribution >= 4 is 0 Å². The molecule has 1 heterocycles. The van der Waals surface area contributed by atoms with Gasteiger partial charge in [0.1, 0.15) is 5.76 Å². The smallest absolute Gasteiger partial charge is 0.135 e. The van der Waals surface area contributed by atoms with E-state index in [9.17, 15) is 5.26 Å². The van der Waals surface area contributed by atoms with Crippen molar-refractivity contribution in [1.29, 1.82) is 5.26 Å². The molecule has 3 rings (SSSR count). The van der Waals surface area contributed by atoms with Crippen LogP contribution in [0.2, 0.25) is 0 Å². The predicted molar refractivity (Wildman–Crippen MR) is 70.0 cm³/mol.